The molecule has 0 radical (unpaired) electrons. The van der Waals surface area contributed by atoms with Gasteiger partial charge in [0.25, 0.3) is 0 Å². The lowest BCUT2D eigenvalue weighted by Crippen LogP contribution is -2.42. The van der Waals surface area contributed by atoms with Gasteiger partial charge in [-0.25, -0.2) is 4.79 Å². The van der Waals surface area contributed by atoms with Gasteiger partial charge in [-0.1, -0.05) is 13.3 Å². The Bertz CT molecular complexity index is 401. The monoisotopic (exact) mass is 298 g/mol. The third-order valence-corrected chi connectivity index (χ3v) is 5.05. The van der Waals surface area contributed by atoms with Crippen molar-refractivity contribution >= 4 is 12.0 Å². The molecule has 120 valence electrons. The highest BCUT2D eigenvalue weighted by Crippen LogP contribution is 2.48. The summed E-state index contributed by atoms with van der Waals surface area (Å²) in [5.74, 6) is -0.393. The number of hydrogen-bond acceptors (Lipinski definition) is 3. The Labute approximate surface area is 125 Å². The largest absolute Gasteiger partial charge is 0.481 e. The topological polar surface area (TPSA) is 89.9 Å². The first-order valence-corrected chi connectivity index (χ1v) is 7.86. The second kappa shape index (κ2) is 6.64. The van der Waals surface area contributed by atoms with Crippen LogP contribution in [0.15, 0.2) is 0 Å². The van der Waals surface area contributed by atoms with Crippen LogP contribution in [0, 0.1) is 17.3 Å². The first-order valence-electron chi connectivity index (χ1n) is 7.86. The summed E-state index contributed by atoms with van der Waals surface area (Å²) >= 11 is 0. The van der Waals surface area contributed by atoms with E-state index in [4.69, 9.17) is 5.11 Å². The van der Waals surface area contributed by atoms with Gasteiger partial charge in [0, 0.05) is 26.2 Å². The molecule has 0 bridgehead atoms. The van der Waals surface area contributed by atoms with E-state index in [1.165, 1.54) is 0 Å². The molecule has 1 aliphatic heterocycles. The highest BCUT2D eigenvalue weighted by atomic mass is 16.4. The number of carbonyl (C=O) groups excluding carboxylic acids is 1. The van der Waals surface area contributed by atoms with Crippen molar-refractivity contribution in [2.24, 2.45) is 17.3 Å². The third-order valence-electron chi connectivity index (χ3n) is 5.05. The number of aliphatic carboxylic acids is 1. The average Bonchev–Trinajstić information content (AvgIpc) is 3.00. The summed E-state index contributed by atoms with van der Waals surface area (Å²) in [4.78, 5) is 25.3. The van der Waals surface area contributed by atoms with Gasteiger partial charge in [0.2, 0.25) is 0 Å². The molecule has 2 rings (SSSR count). The van der Waals surface area contributed by atoms with E-state index in [1.807, 2.05) is 6.92 Å². The zero-order valence-corrected chi connectivity index (χ0v) is 12.7. The van der Waals surface area contributed by atoms with Crippen LogP contribution in [-0.4, -0.2) is 53.4 Å². The van der Waals surface area contributed by atoms with Gasteiger partial charge in [-0.2, -0.15) is 0 Å². The molecule has 0 aromatic carbocycles. The number of rotatable bonds is 6. The van der Waals surface area contributed by atoms with Gasteiger partial charge >= 0.3 is 12.0 Å². The van der Waals surface area contributed by atoms with Gasteiger partial charge in [0.15, 0.2) is 0 Å². The smallest absolute Gasteiger partial charge is 0.317 e. The molecule has 2 aliphatic rings. The fourth-order valence-electron chi connectivity index (χ4n) is 3.64. The standard InChI is InChI=1S/C15H26N2O4/c1-11(9-18)4-3-7-16-14(21)17-8-12-5-2-6-15(12,10-17)13(19)20/h11-12,18H,2-10H2,1H3,(H,16,21)(H,19,20)/t11?,12-,15+/m0/s1. The number of aliphatic hydroxyl groups is 1. The molecule has 1 saturated carbocycles. The van der Waals surface area contributed by atoms with Crippen LogP contribution in [0.1, 0.15) is 39.0 Å². The van der Waals surface area contributed by atoms with Crippen molar-refractivity contribution in [3.63, 3.8) is 0 Å². The Morgan fingerprint density at radius 3 is 2.86 bits per heavy atom. The highest BCUT2D eigenvalue weighted by molar-refractivity contribution is 5.80. The van der Waals surface area contributed by atoms with E-state index < -0.39 is 11.4 Å². The van der Waals surface area contributed by atoms with Crippen LogP contribution in [0.4, 0.5) is 4.79 Å². The number of nitrogens with zero attached hydrogens (tertiary/aromatic N) is 1. The molecule has 0 aromatic heterocycles. The highest BCUT2D eigenvalue weighted by Gasteiger charge is 2.55. The normalized spacial score (nSPS) is 29.2. The summed E-state index contributed by atoms with van der Waals surface area (Å²) in [6.07, 6.45) is 4.24. The van der Waals surface area contributed by atoms with Gasteiger partial charge in [0.05, 0.1) is 5.41 Å². The number of nitrogens with one attached hydrogen (secondary N) is 1. The molecule has 6 nitrogen and oxygen atoms in total. The number of carboxylic acids is 1. The number of carboxylic acid groups (broad SMARTS) is 1. The van der Waals surface area contributed by atoms with Gasteiger partial charge in [-0.15, -0.1) is 0 Å². The van der Waals surface area contributed by atoms with Crippen molar-refractivity contribution in [1.29, 1.82) is 0 Å². The fraction of sp³-hybridized carbons (Fsp3) is 0.867. The molecule has 1 aliphatic carbocycles. The summed E-state index contributed by atoms with van der Waals surface area (Å²) in [7, 11) is 0. The predicted molar refractivity (Wildman–Crippen MR) is 77.9 cm³/mol. The average molecular weight is 298 g/mol. The van der Waals surface area contributed by atoms with Crippen LogP contribution < -0.4 is 5.32 Å². The van der Waals surface area contributed by atoms with E-state index in [1.54, 1.807) is 4.90 Å². The summed E-state index contributed by atoms with van der Waals surface area (Å²) < 4.78 is 0. The zero-order valence-electron chi connectivity index (χ0n) is 12.7. The fourth-order valence-corrected chi connectivity index (χ4v) is 3.64. The van der Waals surface area contributed by atoms with E-state index in [2.05, 4.69) is 5.32 Å². The molecular weight excluding hydrogens is 272 g/mol. The molecule has 21 heavy (non-hydrogen) atoms. The van der Waals surface area contributed by atoms with Crippen molar-refractivity contribution < 1.29 is 19.8 Å². The predicted octanol–water partition coefficient (Wildman–Crippen LogP) is 1.29. The summed E-state index contributed by atoms with van der Waals surface area (Å²) in [5.41, 5.74) is -0.706. The van der Waals surface area contributed by atoms with Crippen molar-refractivity contribution in [2.75, 3.05) is 26.2 Å². The summed E-state index contributed by atoms with van der Waals surface area (Å²) in [6, 6.07) is -0.151. The van der Waals surface area contributed by atoms with Crippen LogP contribution in [0.2, 0.25) is 0 Å². The van der Waals surface area contributed by atoms with Crippen LogP contribution in [-0.2, 0) is 4.79 Å². The third kappa shape index (κ3) is 3.31. The molecule has 0 aromatic rings. The Morgan fingerprint density at radius 1 is 1.48 bits per heavy atom. The maximum absolute atomic E-state index is 12.1. The number of fused-ring (bicyclic) bond motifs is 1. The zero-order chi connectivity index (χ0) is 15.5. The van der Waals surface area contributed by atoms with Gasteiger partial charge in [-0.3, -0.25) is 4.79 Å². The lowest BCUT2D eigenvalue weighted by Gasteiger charge is -2.23. The van der Waals surface area contributed by atoms with Crippen LogP contribution in [0.25, 0.3) is 0 Å². The quantitative estimate of drug-likeness (QED) is 0.645. The number of hydrogen-bond donors (Lipinski definition) is 3. The maximum Gasteiger partial charge on any atom is 0.317 e. The minimum absolute atomic E-state index is 0.107. The van der Waals surface area contributed by atoms with Gasteiger partial charge in [0.1, 0.15) is 0 Å². The van der Waals surface area contributed by atoms with Gasteiger partial charge in [-0.05, 0) is 37.5 Å². The lowest BCUT2D eigenvalue weighted by molar-refractivity contribution is -0.149. The molecule has 1 unspecified atom stereocenters. The van der Waals surface area contributed by atoms with E-state index in [0.717, 1.165) is 25.7 Å². The Kier molecular flexibility index (Phi) is 5.08. The number of likely N-dealkylation sites (tertiary alicyclic amines) is 1. The molecule has 6 heteroatoms. The second-order valence-corrected chi connectivity index (χ2v) is 6.59. The van der Waals surface area contributed by atoms with Crippen molar-refractivity contribution in [2.45, 2.75) is 39.0 Å². The van der Waals surface area contributed by atoms with Crippen molar-refractivity contribution in [3.05, 3.63) is 0 Å². The molecule has 1 saturated heterocycles. The van der Waals surface area contributed by atoms with Crippen LogP contribution in [0.3, 0.4) is 0 Å². The minimum Gasteiger partial charge on any atom is -0.481 e. The minimum atomic E-state index is -0.753. The molecular formula is C15H26N2O4. The number of amides is 2. The van der Waals surface area contributed by atoms with Crippen LogP contribution in [0.5, 0.6) is 0 Å². The molecule has 0 spiro atoms. The lowest BCUT2D eigenvalue weighted by atomic mass is 9.81. The van der Waals surface area contributed by atoms with Gasteiger partial charge < -0.3 is 20.4 Å². The summed E-state index contributed by atoms with van der Waals surface area (Å²) in [6.45, 7) is 3.62. The first kappa shape index (κ1) is 16.1. The Morgan fingerprint density at radius 2 is 2.24 bits per heavy atom. The van der Waals surface area contributed by atoms with Crippen LogP contribution >= 0.6 is 0 Å². The molecule has 3 N–H and O–H groups in total. The van der Waals surface area contributed by atoms with Crippen molar-refractivity contribution in [1.82, 2.24) is 10.2 Å². The van der Waals surface area contributed by atoms with E-state index >= 15 is 0 Å². The van der Waals surface area contributed by atoms with Crippen molar-refractivity contribution in [3.8, 4) is 0 Å². The molecule has 2 fully saturated rings. The molecule has 1 heterocycles. The Hall–Kier alpha value is -1.30. The summed E-state index contributed by atoms with van der Waals surface area (Å²) in [5, 5.41) is 21.3. The number of aliphatic hydroxyl groups excluding tert-OH is 1. The second-order valence-electron chi connectivity index (χ2n) is 6.59. The van der Waals surface area contributed by atoms with E-state index in [9.17, 15) is 14.7 Å². The SMILES string of the molecule is CC(CO)CCCNC(=O)N1C[C@@H]2CCC[C@@]2(C(=O)O)C1. The first-order chi connectivity index (χ1) is 9.99. The van der Waals surface area contributed by atoms with E-state index in [0.29, 0.717) is 26.1 Å². The number of urea groups is 1. The van der Waals surface area contributed by atoms with E-state index in [-0.39, 0.29) is 24.5 Å². The molecule has 3 atom stereocenters. The molecule has 2 amide bonds. The number of carbonyl (C=O) groups is 2. The maximum atomic E-state index is 12.1. The Balaban J connectivity index is 1.79.